The van der Waals surface area contributed by atoms with Crippen LogP contribution in [-0.2, 0) is 9.47 Å². The Kier molecular flexibility index (Phi) is 8.44. The fourth-order valence-electron chi connectivity index (χ4n) is 0.874. The van der Waals surface area contributed by atoms with E-state index in [1.165, 1.54) is 0 Å². The summed E-state index contributed by atoms with van der Waals surface area (Å²) in [6.45, 7) is 0.217. The van der Waals surface area contributed by atoms with Crippen LogP contribution in [0.2, 0.25) is 0 Å². The molecule has 0 aliphatic carbocycles. The van der Waals surface area contributed by atoms with E-state index < -0.39 is 0 Å². The lowest BCUT2D eigenvalue weighted by molar-refractivity contribution is -0.105. The first-order chi connectivity index (χ1) is 5.85. The Labute approximate surface area is 74.0 Å². The van der Waals surface area contributed by atoms with Crippen LogP contribution in [-0.4, -0.2) is 32.2 Å². The molecule has 3 heteroatoms. The average molecular weight is 174 g/mol. The molecule has 0 bridgehead atoms. The van der Waals surface area contributed by atoms with Gasteiger partial charge in [0.1, 0.15) is 0 Å². The lowest BCUT2D eigenvalue weighted by atomic mass is 10.2. The van der Waals surface area contributed by atoms with Gasteiger partial charge in [-0.2, -0.15) is 0 Å². The maximum Gasteiger partial charge on any atom is 0.157 e. The molecule has 72 valence electrons. The predicted octanol–water partition coefficient (Wildman–Crippen LogP) is 1.32. The van der Waals surface area contributed by atoms with Crippen LogP contribution in [0.3, 0.4) is 0 Å². The van der Waals surface area contributed by atoms with Crippen molar-refractivity contribution in [1.82, 2.24) is 0 Å². The van der Waals surface area contributed by atoms with Crippen molar-refractivity contribution in [2.75, 3.05) is 20.8 Å². The van der Waals surface area contributed by atoms with Crippen LogP contribution in [0.1, 0.15) is 19.3 Å². The van der Waals surface area contributed by atoms with Crippen molar-refractivity contribution in [3.63, 3.8) is 0 Å². The molecule has 0 unspecified atom stereocenters. The Morgan fingerprint density at radius 3 is 2.25 bits per heavy atom. The Morgan fingerprint density at radius 2 is 1.75 bits per heavy atom. The van der Waals surface area contributed by atoms with E-state index in [4.69, 9.17) is 14.6 Å². The topological polar surface area (TPSA) is 38.7 Å². The molecule has 0 aliphatic rings. The highest BCUT2D eigenvalue weighted by Gasteiger charge is 2.01. The first-order valence-electron chi connectivity index (χ1n) is 4.16. The van der Waals surface area contributed by atoms with Gasteiger partial charge in [-0.1, -0.05) is 12.2 Å². The van der Waals surface area contributed by atoms with Crippen LogP contribution in [0, 0.1) is 0 Å². The Morgan fingerprint density at radius 1 is 1.17 bits per heavy atom. The number of aliphatic hydroxyl groups excluding tert-OH is 1. The number of hydrogen-bond donors (Lipinski definition) is 1. The molecule has 0 amide bonds. The summed E-state index contributed by atoms with van der Waals surface area (Å²) < 4.78 is 10.0. The molecule has 12 heavy (non-hydrogen) atoms. The van der Waals surface area contributed by atoms with E-state index in [9.17, 15) is 0 Å². The van der Waals surface area contributed by atoms with Crippen LogP contribution in [0.5, 0.6) is 0 Å². The van der Waals surface area contributed by atoms with Gasteiger partial charge in [0.15, 0.2) is 6.29 Å². The molecule has 0 atom stereocenters. The van der Waals surface area contributed by atoms with Crippen LogP contribution in [0.15, 0.2) is 12.2 Å². The van der Waals surface area contributed by atoms with Crippen molar-refractivity contribution in [3.05, 3.63) is 12.2 Å². The summed E-state index contributed by atoms with van der Waals surface area (Å²) in [6.07, 6.45) is 6.39. The van der Waals surface area contributed by atoms with Gasteiger partial charge in [-0.3, -0.25) is 0 Å². The molecule has 0 radical (unpaired) electrons. The quantitative estimate of drug-likeness (QED) is 0.467. The molecular formula is C9H18O3. The van der Waals surface area contributed by atoms with Crippen molar-refractivity contribution in [3.8, 4) is 0 Å². The second-order valence-electron chi connectivity index (χ2n) is 2.46. The van der Waals surface area contributed by atoms with E-state index >= 15 is 0 Å². The van der Waals surface area contributed by atoms with Crippen LogP contribution < -0.4 is 0 Å². The van der Waals surface area contributed by atoms with Gasteiger partial charge < -0.3 is 14.6 Å². The number of allylic oxidation sites excluding steroid dienone is 1. The molecular weight excluding hydrogens is 156 g/mol. The Hall–Kier alpha value is -0.380. The smallest absolute Gasteiger partial charge is 0.157 e. The number of ether oxygens (including phenoxy) is 2. The first kappa shape index (κ1) is 11.6. The normalized spacial score (nSPS) is 11.7. The Bertz CT molecular complexity index is 108. The maximum atomic E-state index is 8.47. The minimum atomic E-state index is -0.108. The lowest BCUT2D eigenvalue weighted by Crippen LogP contribution is -2.11. The van der Waals surface area contributed by atoms with E-state index in [0.29, 0.717) is 0 Å². The van der Waals surface area contributed by atoms with E-state index in [2.05, 4.69) is 0 Å². The van der Waals surface area contributed by atoms with Crippen molar-refractivity contribution < 1.29 is 14.6 Å². The predicted molar refractivity (Wildman–Crippen MR) is 47.9 cm³/mol. The Balaban J connectivity index is 3.27. The van der Waals surface area contributed by atoms with Gasteiger partial charge in [-0.25, -0.2) is 0 Å². The third kappa shape index (κ3) is 6.34. The summed E-state index contributed by atoms with van der Waals surface area (Å²) >= 11 is 0. The van der Waals surface area contributed by atoms with Gasteiger partial charge in [-0.15, -0.1) is 0 Å². The van der Waals surface area contributed by atoms with Crippen LogP contribution in [0.4, 0.5) is 0 Å². The summed E-state index contributed by atoms with van der Waals surface area (Å²) in [5.41, 5.74) is 0. The standard InChI is InChI=1S/C9H18O3/c1-11-9(12-2)7-5-3-4-6-8-10/h3-4,9-10H,5-8H2,1-2H3/b4-3+. The maximum absolute atomic E-state index is 8.47. The largest absolute Gasteiger partial charge is 0.396 e. The van der Waals surface area contributed by atoms with Gasteiger partial charge >= 0.3 is 0 Å². The molecule has 0 spiro atoms. The summed E-state index contributed by atoms with van der Waals surface area (Å²) in [4.78, 5) is 0. The van der Waals surface area contributed by atoms with E-state index in [1.54, 1.807) is 14.2 Å². The molecule has 0 fully saturated rings. The number of aliphatic hydroxyl groups is 1. The summed E-state index contributed by atoms with van der Waals surface area (Å²) in [6, 6.07) is 0. The fraction of sp³-hybridized carbons (Fsp3) is 0.778. The van der Waals surface area contributed by atoms with Gasteiger partial charge in [0.25, 0.3) is 0 Å². The van der Waals surface area contributed by atoms with Gasteiger partial charge in [-0.05, 0) is 12.8 Å². The van der Waals surface area contributed by atoms with Crippen LogP contribution in [0.25, 0.3) is 0 Å². The summed E-state index contributed by atoms with van der Waals surface area (Å²) in [7, 11) is 3.26. The molecule has 0 saturated carbocycles. The summed E-state index contributed by atoms with van der Waals surface area (Å²) in [5.74, 6) is 0. The SMILES string of the molecule is COC(CC/C=C/CCO)OC. The fourth-order valence-corrected chi connectivity index (χ4v) is 0.874. The third-order valence-corrected chi connectivity index (χ3v) is 1.56. The zero-order valence-electron chi connectivity index (χ0n) is 7.82. The molecule has 0 aliphatic heterocycles. The van der Waals surface area contributed by atoms with Crippen molar-refractivity contribution in [1.29, 1.82) is 0 Å². The molecule has 3 nitrogen and oxygen atoms in total. The minimum Gasteiger partial charge on any atom is -0.396 e. The highest BCUT2D eigenvalue weighted by atomic mass is 16.7. The highest BCUT2D eigenvalue weighted by molar-refractivity contribution is 4.81. The molecule has 0 rings (SSSR count). The molecule has 0 heterocycles. The second kappa shape index (κ2) is 8.71. The van der Waals surface area contributed by atoms with E-state index in [-0.39, 0.29) is 12.9 Å². The molecule has 1 N–H and O–H groups in total. The lowest BCUT2D eigenvalue weighted by Gasteiger charge is -2.10. The number of rotatable bonds is 7. The third-order valence-electron chi connectivity index (χ3n) is 1.56. The van der Waals surface area contributed by atoms with E-state index in [0.717, 1.165) is 19.3 Å². The number of hydrogen-bond acceptors (Lipinski definition) is 3. The molecule has 0 aromatic heterocycles. The zero-order valence-corrected chi connectivity index (χ0v) is 7.82. The van der Waals surface area contributed by atoms with Crippen molar-refractivity contribution in [2.45, 2.75) is 25.6 Å². The van der Waals surface area contributed by atoms with Gasteiger partial charge in [0.05, 0.1) is 0 Å². The highest BCUT2D eigenvalue weighted by Crippen LogP contribution is 2.02. The summed E-state index contributed by atoms with van der Waals surface area (Å²) in [5, 5.41) is 8.47. The molecule has 0 aromatic rings. The second-order valence-corrected chi connectivity index (χ2v) is 2.46. The van der Waals surface area contributed by atoms with Crippen LogP contribution >= 0.6 is 0 Å². The first-order valence-corrected chi connectivity index (χ1v) is 4.16. The van der Waals surface area contributed by atoms with E-state index in [1.807, 2.05) is 12.2 Å². The average Bonchev–Trinajstić information content (AvgIpc) is 2.11. The minimum absolute atomic E-state index is 0.108. The van der Waals surface area contributed by atoms with Crippen molar-refractivity contribution in [2.24, 2.45) is 0 Å². The van der Waals surface area contributed by atoms with Gasteiger partial charge in [0.2, 0.25) is 0 Å². The molecule has 0 aromatic carbocycles. The van der Waals surface area contributed by atoms with Gasteiger partial charge in [0, 0.05) is 27.2 Å². The molecule has 0 saturated heterocycles. The van der Waals surface area contributed by atoms with Crippen molar-refractivity contribution >= 4 is 0 Å². The monoisotopic (exact) mass is 174 g/mol. The number of methoxy groups -OCH3 is 2. The zero-order chi connectivity index (χ0) is 9.23.